The average molecular weight is 306 g/mol. The summed E-state index contributed by atoms with van der Waals surface area (Å²) in [6, 6.07) is 2.10. The predicted octanol–water partition coefficient (Wildman–Crippen LogP) is 0.991. The third kappa shape index (κ3) is 2.61. The molecule has 2 aromatic rings. The molecule has 3 N–H and O–H groups in total. The van der Waals surface area contributed by atoms with Crippen molar-refractivity contribution in [3.8, 4) is 0 Å². The van der Waals surface area contributed by atoms with Crippen LogP contribution in [0, 0.1) is 5.82 Å². The minimum absolute atomic E-state index is 0.0322. The number of nitrogens with one attached hydrogen (secondary N) is 1. The first-order chi connectivity index (χ1) is 8.81. The van der Waals surface area contributed by atoms with Crippen molar-refractivity contribution in [2.75, 3.05) is 10.5 Å². The molecule has 0 amide bonds. The molecule has 0 atom stereocenters. The number of benzene rings is 1. The Morgan fingerprint density at radius 2 is 2.16 bits per heavy atom. The van der Waals surface area contributed by atoms with E-state index in [9.17, 15) is 12.8 Å². The summed E-state index contributed by atoms with van der Waals surface area (Å²) in [6.07, 6.45) is 1.15. The third-order valence-electron chi connectivity index (χ3n) is 2.24. The predicted molar refractivity (Wildman–Crippen MR) is 67.6 cm³/mol. The first kappa shape index (κ1) is 13.6. The second kappa shape index (κ2) is 4.67. The SMILES string of the molecule is Cn1ncnc1NS(=O)(=O)c1cc(N)cc(Cl)c1F. The number of halogens is 2. The van der Waals surface area contributed by atoms with Gasteiger partial charge < -0.3 is 5.73 Å². The summed E-state index contributed by atoms with van der Waals surface area (Å²) >= 11 is 5.56. The zero-order valence-electron chi connectivity index (χ0n) is 9.63. The van der Waals surface area contributed by atoms with E-state index in [1.807, 2.05) is 0 Å². The van der Waals surface area contributed by atoms with Gasteiger partial charge in [-0.25, -0.2) is 22.2 Å². The van der Waals surface area contributed by atoms with Crippen molar-refractivity contribution in [3.63, 3.8) is 0 Å². The molecule has 0 saturated carbocycles. The van der Waals surface area contributed by atoms with Gasteiger partial charge in [-0.2, -0.15) is 10.1 Å². The van der Waals surface area contributed by atoms with Crippen molar-refractivity contribution in [2.24, 2.45) is 7.05 Å². The van der Waals surface area contributed by atoms with Gasteiger partial charge in [0.1, 0.15) is 11.2 Å². The fourth-order valence-corrected chi connectivity index (χ4v) is 2.80. The Morgan fingerprint density at radius 3 is 2.74 bits per heavy atom. The molecule has 1 aromatic carbocycles. The van der Waals surface area contributed by atoms with Crippen LogP contribution in [0.5, 0.6) is 0 Å². The van der Waals surface area contributed by atoms with E-state index >= 15 is 0 Å². The molecule has 102 valence electrons. The molecule has 0 fully saturated rings. The summed E-state index contributed by atoms with van der Waals surface area (Å²) in [7, 11) is -2.71. The number of hydrogen-bond donors (Lipinski definition) is 2. The number of nitrogen functional groups attached to an aromatic ring is 1. The van der Waals surface area contributed by atoms with Crippen LogP contribution in [0.1, 0.15) is 0 Å². The average Bonchev–Trinajstić information content (AvgIpc) is 2.69. The first-order valence-corrected chi connectivity index (χ1v) is 6.78. The highest BCUT2D eigenvalue weighted by molar-refractivity contribution is 7.92. The molecule has 19 heavy (non-hydrogen) atoms. The van der Waals surface area contributed by atoms with E-state index in [4.69, 9.17) is 17.3 Å². The van der Waals surface area contributed by atoms with E-state index in [-0.39, 0.29) is 16.7 Å². The van der Waals surface area contributed by atoms with Gasteiger partial charge in [0.15, 0.2) is 5.82 Å². The number of aryl methyl sites for hydroxylation is 1. The lowest BCUT2D eigenvalue weighted by atomic mass is 10.3. The number of anilines is 2. The molecule has 0 saturated heterocycles. The van der Waals surface area contributed by atoms with Crippen molar-refractivity contribution in [3.05, 3.63) is 29.3 Å². The second-order valence-corrected chi connectivity index (χ2v) is 5.69. The van der Waals surface area contributed by atoms with Crippen molar-refractivity contribution >= 4 is 33.3 Å². The molecule has 0 radical (unpaired) electrons. The standard InChI is InChI=1S/C9H9ClFN5O2S/c1-16-9(13-4-14-16)15-19(17,18)7-3-5(12)2-6(10)8(7)11/h2-4H,12H2,1H3,(H,13,14,15). The molecular formula is C9H9ClFN5O2S. The Morgan fingerprint density at radius 1 is 1.47 bits per heavy atom. The van der Waals surface area contributed by atoms with Crippen molar-refractivity contribution in [2.45, 2.75) is 4.90 Å². The highest BCUT2D eigenvalue weighted by atomic mass is 35.5. The van der Waals surface area contributed by atoms with Gasteiger partial charge in [0.05, 0.1) is 5.02 Å². The van der Waals surface area contributed by atoms with Crippen LogP contribution in [0.15, 0.2) is 23.4 Å². The zero-order chi connectivity index (χ0) is 14.2. The molecule has 0 aliphatic carbocycles. The molecule has 10 heteroatoms. The van der Waals surface area contributed by atoms with E-state index < -0.39 is 20.7 Å². The summed E-state index contributed by atoms with van der Waals surface area (Å²) in [5.41, 5.74) is 5.48. The topological polar surface area (TPSA) is 103 Å². The number of nitrogens with zero attached hydrogens (tertiary/aromatic N) is 3. The Labute approximate surface area is 113 Å². The Bertz CT molecular complexity index is 730. The number of sulfonamides is 1. The van der Waals surface area contributed by atoms with Crippen molar-refractivity contribution in [1.82, 2.24) is 14.8 Å². The number of hydrogen-bond acceptors (Lipinski definition) is 5. The van der Waals surface area contributed by atoms with Crippen LogP contribution >= 0.6 is 11.6 Å². The third-order valence-corrected chi connectivity index (χ3v) is 3.85. The summed E-state index contributed by atoms with van der Waals surface area (Å²) < 4.78 is 41.1. The van der Waals surface area contributed by atoms with Crippen molar-refractivity contribution in [1.29, 1.82) is 0 Å². The first-order valence-electron chi connectivity index (χ1n) is 4.92. The minimum atomic E-state index is -4.19. The molecule has 0 unspecified atom stereocenters. The number of nitrogens with two attached hydrogens (primary N) is 1. The van der Waals surface area contributed by atoms with Crippen LogP contribution in [0.2, 0.25) is 5.02 Å². The van der Waals surface area contributed by atoms with Crippen LogP contribution < -0.4 is 10.5 Å². The zero-order valence-corrected chi connectivity index (χ0v) is 11.2. The quantitative estimate of drug-likeness (QED) is 0.823. The van der Waals surface area contributed by atoms with Crippen LogP contribution in [0.3, 0.4) is 0 Å². The maximum absolute atomic E-state index is 13.8. The van der Waals surface area contributed by atoms with Gasteiger partial charge in [0.25, 0.3) is 10.0 Å². The second-order valence-electron chi connectivity index (χ2n) is 3.63. The van der Waals surface area contributed by atoms with Gasteiger partial charge in [-0.05, 0) is 12.1 Å². The van der Waals surface area contributed by atoms with Gasteiger partial charge in [0.2, 0.25) is 5.95 Å². The Hall–Kier alpha value is -1.87. The number of rotatable bonds is 3. The van der Waals surface area contributed by atoms with Gasteiger partial charge in [-0.3, -0.25) is 0 Å². The maximum Gasteiger partial charge on any atom is 0.267 e. The molecule has 2 rings (SSSR count). The molecule has 0 aliphatic rings. The lowest BCUT2D eigenvalue weighted by Crippen LogP contribution is -2.18. The van der Waals surface area contributed by atoms with Crippen LogP contribution in [0.25, 0.3) is 0 Å². The monoisotopic (exact) mass is 305 g/mol. The van der Waals surface area contributed by atoms with Gasteiger partial charge in [-0.15, -0.1) is 0 Å². The summed E-state index contributed by atoms with van der Waals surface area (Å²) in [5, 5.41) is 3.31. The molecular weight excluding hydrogens is 297 g/mol. The lowest BCUT2D eigenvalue weighted by molar-refractivity contribution is 0.570. The van der Waals surface area contributed by atoms with E-state index in [0.29, 0.717) is 0 Å². The van der Waals surface area contributed by atoms with E-state index in [2.05, 4.69) is 14.8 Å². The molecule has 7 nitrogen and oxygen atoms in total. The highest BCUT2D eigenvalue weighted by Gasteiger charge is 2.23. The van der Waals surface area contributed by atoms with E-state index in [1.54, 1.807) is 0 Å². The smallest absolute Gasteiger partial charge is 0.267 e. The molecule has 0 aliphatic heterocycles. The van der Waals surface area contributed by atoms with Crippen LogP contribution in [-0.2, 0) is 17.1 Å². The van der Waals surface area contributed by atoms with Gasteiger partial charge >= 0.3 is 0 Å². The summed E-state index contributed by atoms with van der Waals surface area (Å²) in [5.74, 6) is -1.14. The van der Waals surface area contributed by atoms with Crippen LogP contribution in [0.4, 0.5) is 16.0 Å². The molecule has 0 spiro atoms. The Balaban J connectivity index is 2.49. The molecule has 0 bridgehead atoms. The molecule has 1 aromatic heterocycles. The fraction of sp³-hybridized carbons (Fsp3) is 0.111. The summed E-state index contributed by atoms with van der Waals surface area (Å²) in [6.45, 7) is 0. The number of aromatic nitrogens is 3. The maximum atomic E-state index is 13.8. The lowest BCUT2D eigenvalue weighted by Gasteiger charge is -2.09. The van der Waals surface area contributed by atoms with Crippen molar-refractivity contribution < 1.29 is 12.8 Å². The Kier molecular flexibility index (Phi) is 3.33. The summed E-state index contributed by atoms with van der Waals surface area (Å²) in [4.78, 5) is 3.02. The highest BCUT2D eigenvalue weighted by Crippen LogP contribution is 2.26. The largest absolute Gasteiger partial charge is 0.399 e. The molecule has 1 heterocycles. The van der Waals surface area contributed by atoms with Gasteiger partial charge in [0, 0.05) is 12.7 Å². The van der Waals surface area contributed by atoms with E-state index in [0.717, 1.165) is 18.5 Å². The fourth-order valence-electron chi connectivity index (χ4n) is 1.34. The minimum Gasteiger partial charge on any atom is -0.399 e. The normalized spacial score (nSPS) is 11.5. The van der Waals surface area contributed by atoms with Crippen LogP contribution in [-0.4, -0.2) is 23.2 Å². The van der Waals surface area contributed by atoms with Gasteiger partial charge in [-0.1, -0.05) is 11.6 Å². The van der Waals surface area contributed by atoms with E-state index in [1.165, 1.54) is 11.7 Å².